The van der Waals surface area contributed by atoms with Gasteiger partial charge in [0.15, 0.2) is 0 Å². The van der Waals surface area contributed by atoms with Gasteiger partial charge in [-0.3, -0.25) is 0 Å². The van der Waals surface area contributed by atoms with Crippen LogP contribution in [0.25, 0.3) is 0 Å². The monoisotopic (exact) mass is 416 g/mol. The van der Waals surface area contributed by atoms with Gasteiger partial charge in [0.2, 0.25) is 0 Å². The number of rotatable bonds is 5. The van der Waals surface area contributed by atoms with E-state index < -0.39 is 11.6 Å². The minimum Gasteiger partial charge on any atom is -0.207 e. The standard InChI is InChI=1S/C17H16Br2F2/c1-12-3-2-4-14(7-12)17(10-18,11-19)9-13-5-6-15(20)8-16(13)21/h2-8H,9-11H2,1H3. The quantitative estimate of drug-likeness (QED) is 0.560. The van der Waals surface area contributed by atoms with E-state index in [4.69, 9.17) is 0 Å². The van der Waals surface area contributed by atoms with E-state index >= 15 is 0 Å². The maximum absolute atomic E-state index is 14.0. The fourth-order valence-electron chi connectivity index (χ4n) is 2.39. The Kier molecular flexibility index (Phi) is 5.55. The Hall–Kier alpha value is -0.740. The van der Waals surface area contributed by atoms with Crippen LogP contribution in [0, 0.1) is 18.6 Å². The topological polar surface area (TPSA) is 0 Å². The normalized spacial score (nSPS) is 11.7. The first-order valence-electron chi connectivity index (χ1n) is 6.64. The van der Waals surface area contributed by atoms with E-state index in [1.165, 1.54) is 17.7 Å². The number of aryl methyl sites for hydroxylation is 1. The molecule has 0 aromatic heterocycles. The highest BCUT2D eigenvalue weighted by atomic mass is 79.9. The summed E-state index contributed by atoms with van der Waals surface area (Å²) in [5.74, 6) is -1.04. The fraction of sp³-hybridized carbons (Fsp3) is 0.294. The molecule has 0 unspecified atom stereocenters. The maximum atomic E-state index is 14.0. The Labute approximate surface area is 140 Å². The smallest absolute Gasteiger partial charge is 0.129 e. The summed E-state index contributed by atoms with van der Waals surface area (Å²) in [7, 11) is 0. The molecule has 0 heterocycles. The van der Waals surface area contributed by atoms with E-state index in [9.17, 15) is 8.78 Å². The summed E-state index contributed by atoms with van der Waals surface area (Å²) in [6.45, 7) is 2.04. The van der Waals surface area contributed by atoms with Crippen molar-refractivity contribution in [2.75, 3.05) is 10.7 Å². The van der Waals surface area contributed by atoms with Crippen molar-refractivity contribution in [3.63, 3.8) is 0 Å². The Morgan fingerprint density at radius 1 is 1.00 bits per heavy atom. The van der Waals surface area contributed by atoms with Crippen LogP contribution >= 0.6 is 31.9 Å². The van der Waals surface area contributed by atoms with Crippen molar-refractivity contribution in [1.82, 2.24) is 0 Å². The summed E-state index contributed by atoms with van der Waals surface area (Å²) in [6, 6.07) is 12.0. The summed E-state index contributed by atoms with van der Waals surface area (Å²) in [4.78, 5) is 0. The zero-order valence-corrected chi connectivity index (χ0v) is 14.8. The Bertz CT molecular complexity index is 622. The molecule has 2 rings (SSSR count). The van der Waals surface area contributed by atoms with Gasteiger partial charge in [-0.05, 0) is 30.5 Å². The van der Waals surface area contributed by atoms with Gasteiger partial charge >= 0.3 is 0 Å². The van der Waals surface area contributed by atoms with Crippen LogP contribution < -0.4 is 0 Å². The van der Waals surface area contributed by atoms with Crippen molar-refractivity contribution < 1.29 is 8.78 Å². The number of alkyl halides is 2. The van der Waals surface area contributed by atoms with E-state index in [0.29, 0.717) is 22.6 Å². The predicted molar refractivity (Wildman–Crippen MR) is 90.5 cm³/mol. The number of halogens is 4. The lowest BCUT2D eigenvalue weighted by atomic mass is 9.78. The van der Waals surface area contributed by atoms with E-state index in [2.05, 4.69) is 44.0 Å². The molecule has 2 aromatic carbocycles. The minimum atomic E-state index is -0.546. The molecule has 0 radical (unpaired) electrons. The van der Waals surface area contributed by atoms with E-state index in [0.717, 1.165) is 11.6 Å². The van der Waals surface area contributed by atoms with Gasteiger partial charge in [-0.2, -0.15) is 0 Å². The van der Waals surface area contributed by atoms with Crippen molar-refractivity contribution in [3.8, 4) is 0 Å². The van der Waals surface area contributed by atoms with Gasteiger partial charge in [0, 0.05) is 22.1 Å². The lowest BCUT2D eigenvalue weighted by Crippen LogP contribution is -2.33. The van der Waals surface area contributed by atoms with E-state index in [1.54, 1.807) is 0 Å². The molecule has 0 fully saturated rings. The summed E-state index contributed by atoms with van der Waals surface area (Å²) >= 11 is 7.13. The Morgan fingerprint density at radius 2 is 1.71 bits per heavy atom. The van der Waals surface area contributed by atoms with Gasteiger partial charge in [0.1, 0.15) is 11.6 Å². The van der Waals surface area contributed by atoms with Crippen molar-refractivity contribution in [3.05, 3.63) is 70.8 Å². The van der Waals surface area contributed by atoms with Crippen LogP contribution in [-0.2, 0) is 11.8 Å². The lowest BCUT2D eigenvalue weighted by molar-refractivity contribution is 0.515. The molecule has 0 saturated carbocycles. The van der Waals surface area contributed by atoms with Crippen LogP contribution in [0.15, 0.2) is 42.5 Å². The van der Waals surface area contributed by atoms with Crippen LogP contribution in [-0.4, -0.2) is 10.7 Å². The van der Waals surface area contributed by atoms with Gasteiger partial charge in [-0.1, -0.05) is 67.8 Å². The molecule has 0 N–H and O–H groups in total. The second kappa shape index (κ2) is 7.01. The fourth-order valence-corrected chi connectivity index (χ4v) is 4.36. The van der Waals surface area contributed by atoms with Gasteiger partial charge in [0.05, 0.1) is 0 Å². The number of hydrogen-bond donors (Lipinski definition) is 0. The molecule has 112 valence electrons. The molecule has 0 atom stereocenters. The molecule has 0 aliphatic carbocycles. The van der Waals surface area contributed by atoms with Crippen LogP contribution in [0.4, 0.5) is 8.78 Å². The second-order valence-electron chi connectivity index (χ2n) is 5.33. The van der Waals surface area contributed by atoms with E-state index in [1.807, 2.05) is 19.1 Å². The third-order valence-electron chi connectivity index (χ3n) is 3.69. The Morgan fingerprint density at radius 3 is 2.29 bits per heavy atom. The molecule has 0 bridgehead atoms. The van der Waals surface area contributed by atoms with Crippen LogP contribution in [0.3, 0.4) is 0 Å². The average molecular weight is 418 g/mol. The van der Waals surface area contributed by atoms with Gasteiger partial charge < -0.3 is 0 Å². The van der Waals surface area contributed by atoms with Crippen LogP contribution in [0.2, 0.25) is 0 Å². The van der Waals surface area contributed by atoms with Crippen molar-refractivity contribution in [2.45, 2.75) is 18.8 Å². The first kappa shape index (κ1) is 16.6. The number of benzene rings is 2. The average Bonchev–Trinajstić information content (AvgIpc) is 2.47. The molecular weight excluding hydrogens is 402 g/mol. The van der Waals surface area contributed by atoms with Gasteiger partial charge in [0.25, 0.3) is 0 Å². The van der Waals surface area contributed by atoms with Crippen LogP contribution in [0.5, 0.6) is 0 Å². The zero-order valence-electron chi connectivity index (χ0n) is 11.7. The van der Waals surface area contributed by atoms with Crippen molar-refractivity contribution >= 4 is 31.9 Å². The van der Waals surface area contributed by atoms with Crippen molar-refractivity contribution in [1.29, 1.82) is 0 Å². The summed E-state index contributed by atoms with van der Waals surface area (Å²) in [5, 5.41) is 1.37. The van der Waals surface area contributed by atoms with Gasteiger partial charge in [-0.15, -0.1) is 0 Å². The third kappa shape index (κ3) is 3.72. The van der Waals surface area contributed by atoms with E-state index in [-0.39, 0.29) is 5.41 Å². The SMILES string of the molecule is Cc1cccc(C(CBr)(CBr)Cc2ccc(F)cc2F)c1. The van der Waals surface area contributed by atoms with Crippen LogP contribution in [0.1, 0.15) is 16.7 Å². The highest BCUT2D eigenvalue weighted by Crippen LogP contribution is 2.34. The molecule has 0 aliphatic rings. The summed E-state index contributed by atoms with van der Waals surface area (Å²) in [5.41, 5.74) is 2.56. The molecule has 21 heavy (non-hydrogen) atoms. The molecular formula is C17H16Br2F2. The lowest BCUT2D eigenvalue weighted by Gasteiger charge is -2.31. The third-order valence-corrected chi connectivity index (χ3v) is 5.83. The van der Waals surface area contributed by atoms with Gasteiger partial charge in [-0.25, -0.2) is 8.78 Å². The largest absolute Gasteiger partial charge is 0.207 e. The highest BCUT2D eigenvalue weighted by Gasteiger charge is 2.31. The number of hydrogen-bond acceptors (Lipinski definition) is 0. The second-order valence-corrected chi connectivity index (χ2v) is 6.45. The zero-order chi connectivity index (χ0) is 15.5. The molecule has 0 amide bonds. The highest BCUT2D eigenvalue weighted by molar-refractivity contribution is 9.09. The van der Waals surface area contributed by atoms with Crippen molar-refractivity contribution in [2.24, 2.45) is 0 Å². The first-order valence-corrected chi connectivity index (χ1v) is 8.88. The molecule has 0 spiro atoms. The minimum absolute atomic E-state index is 0.273. The molecule has 0 nitrogen and oxygen atoms in total. The first-order chi connectivity index (χ1) is 10.0. The predicted octanol–water partition coefficient (Wildman–Crippen LogP) is 5.54. The maximum Gasteiger partial charge on any atom is 0.129 e. The Balaban J connectivity index is 2.43. The molecule has 0 saturated heterocycles. The summed E-state index contributed by atoms with van der Waals surface area (Å²) < 4.78 is 27.0. The molecule has 2 aromatic rings. The molecule has 0 aliphatic heterocycles. The summed E-state index contributed by atoms with van der Waals surface area (Å²) in [6.07, 6.45) is 0.499. The molecule has 4 heteroatoms.